The van der Waals surface area contributed by atoms with Crippen LogP contribution in [-0.2, 0) is 0 Å². The van der Waals surface area contributed by atoms with Crippen molar-refractivity contribution in [2.45, 2.75) is 26.7 Å². The van der Waals surface area contributed by atoms with Crippen molar-refractivity contribution >= 4 is 0 Å². The fourth-order valence-corrected chi connectivity index (χ4v) is 0.980. The maximum Gasteiger partial charge on any atom is -0.0173 e. The van der Waals surface area contributed by atoms with Crippen LogP contribution in [-0.4, -0.2) is 0 Å². The molecule has 0 atom stereocenters. The fraction of sp³-hybridized carbons (Fsp3) is 0.556. The molecule has 9 heavy (non-hydrogen) atoms. The van der Waals surface area contributed by atoms with Crippen molar-refractivity contribution in [2.24, 2.45) is 5.92 Å². The van der Waals surface area contributed by atoms with Gasteiger partial charge in [-0.25, -0.2) is 0 Å². The summed E-state index contributed by atoms with van der Waals surface area (Å²) < 4.78 is 0. The summed E-state index contributed by atoms with van der Waals surface area (Å²) >= 11 is 0. The van der Waals surface area contributed by atoms with Crippen molar-refractivity contribution in [1.29, 1.82) is 0 Å². The Morgan fingerprint density at radius 2 is 1.89 bits per heavy atom. The van der Waals surface area contributed by atoms with E-state index in [2.05, 4.69) is 27.0 Å². The van der Waals surface area contributed by atoms with Crippen molar-refractivity contribution in [1.82, 2.24) is 0 Å². The molecule has 0 nitrogen and oxygen atoms in total. The van der Waals surface area contributed by atoms with Crippen LogP contribution >= 0.6 is 0 Å². The van der Waals surface area contributed by atoms with E-state index in [1.807, 2.05) is 6.08 Å². The molecule has 0 aliphatic rings. The maximum absolute atomic E-state index is 3.90. The van der Waals surface area contributed by atoms with Gasteiger partial charge in [-0.3, -0.25) is 0 Å². The van der Waals surface area contributed by atoms with Gasteiger partial charge in [0.05, 0.1) is 0 Å². The third-order valence-electron chi connectivity index (χ3n) is 1.77. The van der Waals surface area contributed by atoms with Gasteiger partial charge in [-0.2, -0.15) is 0 Å². The molecule has 0 heterocycles. The molecule has 0 heteroatoms. The molecule has 0 aliphatic carbocycles. The summed E-state index contributed by atoms with van der Waals surface area (Å²) in [6, 6.07) is 0. The molecule has 0 N–H and O–H groups in total. The molecule has 0 rings (SSSR count). The molecule has 0 aromatic heterocycles. The van der Waals surface area contributed by atoms with Crippen LogP contribution in [0.15, 0.2) is 24.8 Å². The molecule has 52 valence electrons. The Bertz CT molecular complexity index is 96.6. The Morgan fingerprint density at radius 3 is 2.00 bits per heavy atom. The lowest BCUT2D eigenvalue weighted by Crippen LogP contribution is -1.96. The van der Waals surface area contributed by atoms with E-state index in [9.17, 15) is 0 Å². The first kappa shape index (κ1) is 8.48. The normalized spacial score (nSPS) is 9.67. The molecular formula is C9H16. The Kier molecular flexibility index (Phi) is 4.12. The minimum absolute atomic E-state index is 0.655. The first-order valence-corrected chi connectivity index (χ1v) is 3.57. The van der Waals surface area contributed by atoms with Crippen LogP contribution in [0.1, 0.15) is 26.7 Å². The van der Waals surface area contributed by atoms with Crippen molar-refractivity contribution in [2.75, 3.05) is 0 Å². The Labute approximate surface area is 58.3 Å². The molecule has 0 spiro atoms. The third kappa shape index (κ3) is 2.50. The van der Waals surface area contributed by atoms with Gasteiger partial charge in [0.1, 0.15) is 0 Å². The zero-order valence-corrected chi connectivity index (χ0v) is 6.48. The molecule has 0 fully saturated rings. The van der Waals surface area contributed by atoms with Gasteiger partial charge in [-0.05, 0) is 18.8 Å². The van der Waals surface area contributed by atoms with E-state index < -0.39 is 0 Å². The van der Waals surface area contributed by atoms with Crippen LogP contribution in [0, 0.1) is 5.92 Å². The number of hydrogen-bond donors (Lipinski definition) is 0. The topological polar surface area (TPSA) is 0 Å². The minimum Gasteiger partial charge on any atom is -0.0988 e. The molecule has 0 unspecified atom stereocenters. The van der Waals surface area contributed by atoms with Crippen LogP contribution in [0.2, 0.25) is 0 Å². The van der Waals surface area contributed by atoms with Gasteiger partial charge < -0.3 is 0 Å². The average Bonchev–Trinajstić information content (AvgIpc) is 1.90. The summed E-state index contributed by atoms with van der Waals surface area (Å²) in [5.41, 5.74) is 1.18. The Hall–Kier alpha value is -0.520. The standard InChI is InChI=1S/C9H16/c1-5-8(4)9(6-2)7-3/h5,9H,1,4,6-7H2,2-3H3. The molecule has 0 saturated carbocycles. The first-order chi connectivity index (χ1) is 4.26. The summed E-state index contributed by atoms with van der Waals surface area (Å²) in [5.74, 6) is 0.655. The second-order valence-corrected chi connectivity index (χ2v) is 2.29. The van der Waals surface area contributed by atoms with Crippen molar-refractivity contribution in [3.05, 3.63) is 24.8 Å². The van der Waals surface area contributed by atoms with Gasteiger partial charge in [0, 0.05) is 0 Å². The van der Waals surface area contributed by atoms with E-state index in [1.54, 1.807) is 0 Å². The Morgan fingerprint density at radius 1 is 1.44 bits per heavy atom. The zero-order chi connectivity index (χ0) is 7.28. The lowest BCUT2D eigenvalue weighted by Gasteiger charge is -2.10. The average molecular weight is 124 g/mol. The van der Waals surface area contributed by atoms with Gasteiger partial charge in [0.25, 0.3) is 0 Å². The van der Waals surface area contributed by atoms with Crippen molar-refractivity contribution in [3.8, 4) is 0 Å². The van der Waals surface area contributed by atoms with Crippen LogP contribution in [0.4, 0.5) is 0 Å². The van der Waals surface area contributed by atoms with Crippen LogP contribution in [0.5, 0.6) is 0 Å². The molecule has 0 aliphatic heterocycles. The summed E-state index contributed by atoms with van der Waals surface area (Å²) in [6.07, 6.45) is 4.22. The predicted molar refractivity (Wildman–Crippen MR) is 43.4 cm³/mol. The molecule has 0 saturated heterocycles. The minimum atomic E-state index is 0.655. The number of allylic oxidation sites excluding steroid dienone is 2. The van der Waals surface area contributed by atoms with E-state index in [0.717, 1.165) is 0 Å². The molecule has 0 amide bonds. The highest BCUT2D eigenvalue weighted by Gasteiger charge is 2.02. The largest absolute Gasteiger partial charge is 0.0988 e. The molecular weight excluding hydrogens is 108 g/mol. The number of rotatable bonds is 4. The summed E-state index contributed by atoms with van der Waals surface area (Å²) in [6.45, 7) is 11.9. The van der Waals surface area contributed by atoms with E-state index in [1.165, 1.54) is 18.4 Å². The highest BCUT2D eigenvalue weighted by molar-refractivity contribution is 5.14. The van der Waals surface area contributed by atoms with E-state index in [0.29, 0.717) is 5.92 Å². The van der Waals surface area contributed by atoms with Gasteiger partial charge in [-0.1, -0.05) is 38.7 Å². The second kappa shape index (κ2) is 4.37. The lowest BCUT2D eigenvalue weighted by atomic mass is 9.95. The third-order valence-corrected chi connectivity index (χ3v) is 1.77. The van der Waals surface area contributed by atoms with Crippen molar-refractivity contribution < 1.29 is 0 Å². The molecule has 0 aromatic carbocycles. The molecule has 0 bridgehead atoms. The van der Waals surface area contributed by atoms with Gasteiger partial charge >= 0.3 is 0 Å². The summed E-state index contributed by atoms with van der Waals surface area (Å²) in [4.78, 5) is 0. The SMILES string of the molecule is C=CC(=C)C(CC)CC. The summed E-state index contributed by atoms with van der Waals surface area (Å²) in [7, 11) is 0. The zero-order valence-electron chi connectivity index (χ0n) is 6.48. The maximum atomic E-state index is 3.90. The van der Waals surface area contributed by atoms with Gasteiger partial charge in [0.15, 0.2) is 0 Å². The molecule has 0 radical (unpaired) electrons. The van der Waals surface area contributed by atoms with Crippen LogP contribution in [0.25, 0.3) is 0 Å². The number of hydrogen-bond acceptors (Lipinski definition) is 0. The van der Waals surface area contributed by atoms with Gasteiger partial charge in [-0.15, -0.1) is 0 Å². The second-order valence-electron chi connectivity index (χ2n) is 2.29. The quantitative estimate of drug-likeness (QED) is 0.505. The highest BCUT2D eigenvalue weighted by Crippen LogP contribution is 2.16. The first-order valence-electron chi connectivity index (χ1n) is 3.57. The Balaban J connectivity index is 3.78. The lowest BCUT2D eigenvalue weighted by molar-refractivity contribution is 0.585. The highest BCUT2D eigenvalue weighted by atomic mass is 14.1. The predicted octanol–water partition coefficient (Wildman–Crippen LogP) is 3.16. The fourth-order valence-electron chi connectivity index (χ4n) is 0.980. The van der Waals surface area contributed by atoms with Crippen molar-refractivity contribution in [3.63, 3.8) is 0 Å². The van der Waals surface area contributed by atoms with Crippen LogP contribution in [0.3, 0.4) is 0 Å². The van der Waals surface area contributed by atoms with Crippen LogP contribution < -0.4 is 0 Å². The molecule has 0 aromatic rings. The van der Waals surface area contributed by atoms with Gasteiger partial charge in [0.2, 0.25) is 0 Å². The van der Waals surface area contributed by atoms with E-state index >= 15 is 0 Å². The smallest absolute Gasteiger partial charge is 0.0173 e. The monoisotopic (exact) mass is 124 g/mol. The van der Waals surface area contributed by atoms with E-state index in [4.69, 9.17) is 0 Å². The van der Waals surface area contributed by atoms with E-state index in [-0.39, 0.29) is 0 Å². The summed E-state index contributed by atoms with van der Waals surface area (Å²) in [5, 5.41) is 0.